The molecule has 2 aromatic carbocycles. The summed E-state index contributed by atoms with van der Waals surface area (Å²) in [7, 11) is 0. The van der Waals surface area contributed by atoms with Crippen LogP contribution in [-0.2, 0) is 6.54 Å². The van der Waals surface area contributed by atoms with Crippen LogP contribution in [0.25, 0.3) is 5.69 Å². The molecule has 0 aliphatic heterocycles. The van der Waals surface area contributed by atoms with E-state index in [0.717, 1.165) is 29.3 Å². The highest BCUT2D eigenvalue weighted by Gasteiger charge is 2.10. The Morgan fingerprint density at radius 3 is 2.54 bits per heavy atom. The van der Waals surface area contributed by atoms with E-state index in [9.17, 15) is 5.11 Å². The largest absolute Gasteiger partial charge is 0.396 e. The fourth-order valence-electron chi connectivity index (χ4n) is 2.84. The molecule has 0 amide bonds. The third kappa shape index (κ3) is 5.40. The summed E-state index contributed by atoms with van der Waals surface area (Å²) in [6.45, 7) is 4.05. The summed E-state index contributed by atoms with van der Waals surface area (Å²) in [5, 5.41) is 20.4. The zero-order chi connectivity index (χ0) is 19.6. The Bertz CT molecular complexity index is 846. The number of hydrogen-bond donors (Lipinski definition) is 3. The minimum atomic E-state index is 0.0204. The van der Waals surface area contributed by atoms with E-state index in [-0.39, 0.29) is 12.5 Å². The molecular formula is C21H26N6O. The van der Waals surface area contributed by atoms with Gasteiger partial charge < -0.3 is 15.7 Å². The van der Waals surface area contributed by atoms with Gasteiger partial charge in [-0.25, -0.2) is 14.7 Å². The molecule has 1 aromatic heterocycles. The SMILES string of the molecule is CCNC(=NCc1ccc(-n2cncn2)cc1)NCC(CO)c1ccccc1. The molecule has 0 bridgehead atoms. The van der Waals surface area contributed by atoms with E-state index in [0.29, 0.717) is 13.1 Å². The van der Waals surface area contributed by atoms with Crippen LogP contribution in [0, 0.1) is 0 Å². The molecule has 1 heterocycles. The minimum absolute atomic E-state index is 0.0204. The van der Waals surface area contributed by atoms with Gasteiger partial charge in [-0.2, -0.15) is 5.10 Å². The van der Waals surface area contributed by atoms with Gasteiger partial charge in [-0.05, 0) is 30.2 Å². The third-order valence-corrected chi connectivity index (χ3v) is 4.39. The molecule has 3 N–H and O–H groups in total. The normalized spacial score (nSPS) is 12.6. The Morgan fingerprint density at radius 1 is 1.11 bits per heavy atom. The van der Waals surface area contributed by atoms with Crippen LogP contribution < -0.4 is 10.6 Å². The Morgan fingerprint density at radius 2 is 1.89 bits per heavy atom. The maximum atomic E-state index is 9.72. The van der Waals surface area contributed by atoms with Gasteiger partial charge in [0.1, 0.15) is 12.7 Å². The number of hydrogen-bond acceptors (Lipinski definition) is 4. The van der Waals surface area contributed by atoms with E-state index in [4.69, 9.17) is 0 Å². The molecule has 0 radical (unpaired) electrons. The molecule has 0 spiro atoms. The van der Waals surface area contributed by atoms with Crippen LogP contribution in [-0.4, -0.2) is 45.5 Å². The second-order valence-corrected chi connectivity index (χ2v) is 6.37. The number of aliphatic imine (C=N–C) groups is 1. The van der Waals surface area contributed by atoms with Gasteiger partial charge in [0.15, 0.2) is 5.96 Å². The highest BCUT2D eigenvalue weighted by Crippen LogP contribution is 2.13. The van der Waals surface area contributed by atoms with Crippen molar-refractivity contribution in [1.29, 1.82) is 0 Å². The molecule has 1 atom stereocenters. The molecule has 3 rings (SSSR count). The van der Waals surface area contributed by atoms with E-state index < -0.39 is 0 Å². The van der Waals surface area contributed by atoms with E-state index in [1.165, 1.54) is 6.33 Å². The van der Waals surface area contributed by atoms with Crippen molar-refractivity contribution in [3.63, 3.8) is 0 Å². The van der Waals surface area contributed by atoms with E-state index in [1.54, 1.807) is 11.0 Å². The van der Waals surface area contributed by atoms with Crippen molar-refractivity contribution < 1.29 is 5.11 Å². The Hall–Kier alpha value is -3.19. The lowest BCUT2D eigenvalue weighted by Gasteiger charge is -2.18. The molecule has 0 fully saturated rings. The van der Waals surface area contributed by atoms with E-state index in [1.807, 2.05) is 61.5 Å². The fraction of sp³-hybridized carbons (Fsp3) is 0.286. The van der Waals surface area contributed by atoms with Crippen LogP contribution in [0.15, 0.2) is 72.2 Å². The lowest BCUT2D eigenvalue weighted by molar-refractivity contribution is 0.265. The second kappa shape index (κ2) is 10.2. The molecular weight excluding hydrogens is 352 g/mol. The maximum absolute atomic E-state index is 9.72. The van der Waals surface area contributed by atoms with Gasteiger partial charge in [-0.15, -0.1) is 0 Å². The van der Waals surface area contributed by atoms with Crippen molar-refractivity contribution >= 4 is 5.96 Å². The van der Waals surface area contributed by atoms with Crippen molar-refractivity contribution in [2.24, 2.45) is 4.99 Å². The summed E-state index contributed by atoms with van der Waals surface area (Å²) in [5.74, 6) is 0.754. The van der Waals surface area contributed by atoms with Crippen LogP contribution in [0.2, 0.25) is 0 Å². The van der Waals surface area contributed by atoms with Gasteiger partial charge in [-0.1, -0.05) is 42.5 Å². The summed E-state index contributed by atoms with van der Waals surface area (Å²) in [6, 6.07) is 18.1. The number of nitrogens with zero attached hydrogens (tertiary/aromatic N) is 4. The first-order chi connectivity index (χ1) is 13.8. The van der Waals surface area contributed by atoms with Crippen LogP contribution in [0.3, 0.4) is 0 Å². The van der Waals surface area contributed by atoms with Gasteiger partial charge >= 0.3 is 0 Å². The van der Waals surface area contributed by atoms with Gasteiger partial charge in [0.25, 0.3) is 0 Å². The quantitative estimate of drug-likeness (QED) is 0.413. The Kier molecular flexibility index (Phi) is 7.14. The molecule has 28 heavy (non-hydrogen) atoms. The van der Waals surface area contributed by atoms with Gasteiger partial charge in [0, 0.05) is 19.0 Å². The van der Waals surface area contributed by atoms with E-state index >= 15 is 0 Å². The first-order valence-corrected chi connectivity index (χ1v) is 9.42. The number of aliphatic hydroxyl groups excluding tert-OH is 1. The van der Waals surface area contributed by atoms with Crippen molar-refractivity contribution in [2.45, 2.75) is 19.4 Å². The topological polar surface area (TPSA) is 87.4 Å². The molecule has 7 heteroatoms. The highest BCUT2D eigenvalue weighted by molar-refractivity contribution is 5.79. The molecule has 7 nitrogen and oxygen atoms in total. The van der Waals surface area contributed by atoms with Crippen LogP contribution in [0.1, 0.15) is 24.0 Å². The minimum Gasteiger partial charge on any atom is -0.396 e. The molecule has 0 aliphatic rings. The van der Waals surface area contributed by atoms with Crippen LogP contribution >= 0.6 is 0 Å². The summed E-state index contributed by atoms with van der Waals surface area (Å²) >= 11 is 0. The van der Waals surface area contributed by atoms with Crippen molar-refractivity contribution in [2.75, 3.05) is 19.7 Å². The van der Waals surface area contributed by atoms with Crippen molar-refractivity contribution in [3.05, 3.63) is 78.4 Å². The molecule has 1 unspecified atom stereocenters. The number of aromatic nitrogens is 3. The summed E-state index contributed by atoms with van der Waals surface area (Å²) in [6.07, 6.45) is 3.19. The molecule has 0 saturated heterocycles. The molecule has 3 aromatic rings. The predicted octanol–water partition coefficient (Wildman–Crippen LogP) is 2.10. The first-order valence-electron chi connectivity index (χ1n) is 9.42. The van der Waals surface area contributed by atoms with Crippen molar-refractivity contribution in [1.82, 2.24) is 25.4 Å². The lowest BCUT2D eigenvalue weighted by Crippen LogP contribution is -2.39. The van der Waals surface area contributed by atoms with E-state index in [2.05, 4.69) is 25.7 Å². The summed E-state index contributed by atoms with van der Waals surface area (Å²) in [5.41, 5.74) is 3.17. The average molecular weight is 378 g/mol. The number of nitrogens with one attached hydrogen (secondary N) is 2. The van der Waals surface area contributed by atoms with Gasteiger partial charge in [-0.3, -0.25) is 0 Å². The van der Waals surface area contributed by atoms with Gasteiger partial charge in [0.05, 0.1) is 18.8 Å². The maximum Gasteiger partial charge on any atom is 0.191 e. The Balaban J connectivity index is 1.60. The summed E-state index contributed by atoms with van der Waals surface area (Å²) in [4.78, 5) is 8.61. The van der Waals surface area contributed by atoms with Crippen LogP contribution in [0.4, 0.5) is 0 Å². The monoisotopic (exact) mass is 378 g/mol. The van der Waals surface area contributed by atoms with Crippen molar-refractivity contribution in [3.8, 4) is 5.69 Å². The number of guanidine groups is 1. The third-order valence-electron chi connectivity index (χ3n) is 4.39. The smallest absolute Gasteiger partial charge is 0.191 e. The first kappa shape index (κ1) is 19.6. The van der Waals surface area contributed by atoms with Gasteiger partial charge in [0.2, 0.25) is 0 Å². The molecule has 0 saturated carbocycles. The zero-order valence-electron chi connectivity index (χ0n) is 16.0. The number of rotatable bonds is 8. The lowest BCUT2D eigenvalue weighted by atomic mass is 10.0. The summed E-state index contributed by atoms with van der Waals surface area (Å²) < 4.78 is 1.72. The Labute approximate surface area is 165 Å². The molecule has 0 aliphatic carbocycles. The fourth-order valence-corrected chi connectivity index (χ4v) is 2.84. The highest BCUT2D eigenvalue weighted by atomic mass is 16.3. The molecule has 146 valence electrons. The second-order valence-electron chi connectivity index (χ2n) is 6.37. The zero-order valence-corrected chi connectivity index (χ0v) is 16.0. The average Bonchev–Trinajstić information content (AvgIpc) is 3.28. The van der Waals surface area contributed by atoms with Crippen LogP contribution in [0.5, 0.6) is 0 Å². The predicted molar refractivity (Wildman–Crippen MR) is 110 cm³/mol. The standard InChI is InChI=1S/C21H26N6O/c1-2-23-21(25-13-19(14-28)18-6-4-3-5-7-18)24-12-17-8-10-20(11-9-17)27-16-22-15-26-27/h3-11,15-16,19,28H,2,12-14H2,1H3,(H2,23,24,25). The number of benzene rings is 2. The number of aliphatic hydroxyl groups is 1.